The van der Waals surface area contributed by atoms with Gasteiger partial charge in [-0.3, -0.25) is 14.5 Å². The topological polar surface area (TPSA) is 84.7 Å². The zero-order valence-corrected chi connectivity index (χ0v) is 12.0. The molecule has 6 nitrogen and oxygen atoms in total. The van der Waals surface area contributed by atoms with E-state index in [1.54, 1.807) is 25.1 Å². The van der Waals surface area contributed by atoms with Gasteiger partial charge >= 0.3 is 0 Å². The van der Waals surface area contributed by atoms with Crippen LogP contribution in [-0.2, 0) is 9.59 Å². The second-order valence-electron chi connectivity index (χ2n) is 5.66. The van der Waals surface area contributed by atoms with Gasteiger partial charge in [0.2, 0.25) is 5.91 Å². The molecule has 0 radical (unpaired) electrons. The summed E-state index contributed by atoms with van der Waals surface area (Å²) in [7, 11) is 0. The van der Waals surface area contributed by atoms with E-state index < -0.39 is 6.10 Å². The summed E-state index contributed by atoms with van der Waals surface area (Å²) in [4.78, 5) is 25.7. The van der Waals surface area contributed by atoms with Crippen LogP contribution >= 0.6 is 0 Å². The van der Waals surface area contributed by atoms with E-state index in [4.69, 9.17) is 10.5 Å². The average Bonchev–Trinajstić information content (AvgIpc) is 3.25. The summed E-state index contributed by atoms with van der Waals surface area (Å²) in [5.41, 5.74) is 6.89. The van der Waals surface area contributed by atoms with Gasteiger partial charge in [-0.1, -0.05) is 0 Å². The molecule has 1 heterocycles. The molecule has 0 spiro atoms. The van der Waals surface area contributed by atoms with Gasteiger partial charge in [-0.2, -0.15) is 0 Å². The van der Waals surface area contributed by atoms with Gasteiger partial charge in [-0.15, -0.1) is 0 Å². The molecule has 2 amide bonds. The highest BCUT2D eigenvalue weighted by atomic mass is 16.5. The first-order valence-corrected chi connectivity index (χ1v) is 7.19. The number of rotatable bonds is 4. The number of benzene rings is 1. The van der Waals surface area contributed by atoms with Crippen molar-refractivity contribution in [3.8, 4) is 5.75 Å². The van der Waals surface area contributed by atoms with Crippen molar-refractivity contribution in [1.82, 2.24) is 5.32 Å². The van der Waals surface area contributed by atoms with E-state index in [0.29, 0.717) is 29.6 Å². The van der Waals surface area contributed by atoms with Crippen LogP contribution in [0.1, 0.15) is 19.8 Å². The Morgan fingerprint density at radius 1 is 1.48 bits per heavy atom. The van der Waals surface area contributed by atoms with Crippen molar-refractivity contribution in [3.63, 3.8) is 0 Å². The first-order chi connectivity index (χ1) is 10.0. The third-order valence-electron chi connectivity index (χ3n) is 3.78. The van der Waals surface area contributed by atoms with E-state index in [1.807, 2.05) is 0 Å². The average molecular weight is 289 g/mol. The largest absolute Gasteiger partial charge is 0.479 e. The third kappa shape index (κ3) is 2.94. The molecule has 21 heavy (non-hydrogen) atoms. The Kier molecular flexibility index (Phi) is 3.45. The van der Waals surface area contributed by atoms with E-state index >= 15 is 0 Å². The number of anilines is 2. The van der Waals surface area contributed by atoms with Crippen molar-refractivity contribution in [2.75, 3.05) is 23.7 Å². The Hall–Kier alpha value is -2.24. The molecule has 1 aliphatic carbocycles. The van der Waals surface area contributed by atoms with Crippen LogP contribution in [0.3, 0.4) is 0 Å². The summed E-state index contributed by atoms with van der Waals surface area (Å²) in [6.07, 6.45) is 1.74. The molecule has 0 aromatic heterocycles. The lowest BCUT2D eigenvalue weighted by atomic mass is 10.1. The molecule has 1 atom stereocenters. The number of ether oxygens (including phenoxy) is 1. The smallest absolute Gasteiger partial charge is 0.268 e. The second-order valence-corrected chi connectivity index (χ2v) is 5.66. The number of carbonyl (C=O) groups excluding carboxylic acids is 2. The van der Waals surface area contributed by atoms with Gasteiger partial charge in [0.15, 0.2) is 6.10 Å². The Balaban J connectivity index is 1.76. The molecule has 2 aliphatic rings. The number of amides is 2. The summed E-state index contributed by atoms with van der Waals surface area (Å²) in [6, 6.07) is 5.08. The van der Waals surface area contributed by atoms with Crippen LogP contribution < -0.4 is 20.7 Å². The summed E-state index contributed by atoms with van der Waals surface area (Å²) in [6.45, 7) is 2.38. The highest BCUT2D eigenvalue weighted by Crippen LogP contribution is 2.35. The number of nitrogens with zero attached hydrogens (tertiary/aromatic N) is 1. The molecule has 112 valence electrons. The fourth-order valence-corrected chi connectivity index (χ4v) is 2.37. The molecule has 6 heteroatoms. The van der Waals surface area contributed by atoms with Crippen molar-refractivity contribution >= 4 is 23.2 Å². The van der Waals surface area contributed by atoms with Gasteiger partial charge in [-0.25, -0.2) is 0 Å². The van der Waals surface area contributed by atoms with Crippen LogP contribution in [0, 0.1) is 5.92 Å². The van der Waals surface area contributed by atoms with E-state index in [2.05, 4.69) is 5.32 Å². The molecule has 0 bridgehead atoms. The molecule has 1 aromatic carbocycles. The highest BCUT2D eigenvalue weighted by Gasteiger charge is 2.33. The Bertz CT molecular complexity index is 584. The Morgan fingerprint density at radius 3 is 2.95 bits per heavy atom. The molecule has 0 saturated heterocycles. The minimum Gasteiger partial charge on any atom is -0.479 e. The number of nitrogens with one attached hydrogen (secondary N) is 1. The van der Waals surface area contributed by atoms with E-state index in [0.717, 1.165) is 0 Å². The fraction of sp³-hybridized carbons (Fsp3) is 0.467. The molecule has 1 saturated carbocycles. The monoisotopic (exact) mass is 289 g/mol. The Morgan fingerprint density at radius 2 is 2.24 bits per heavy atom. The standard InChI is InChI=1S/C15H19N3O3/c1-9-15(20)18(8-14(19)17-7-10-2-3-10)12-5-4-11(16)6-13(12)21-9/h4-6,9-10H,2-3,7-8,16H2,1H3,(H,17,19). The summed E-state index contributed by atoms with van der Waals surface area (Å²) in [5, 5.41) is 2.87. The molecule has 1 fully saturated rings. The van der Waals surface area contributed by atoms with E-state index in [-0.39, 0.29) is 18.4 Å². The van der Waals surface area contributed by atoms with Crippen LogP contribution in [0.5, 0.6) is 5.75 Å². The van der Waals surface area contributed by atoms with Gasteiger partial charge in [-0.05, 0) is 37.8 Å². The molecular formula is C15H19N3O3. The zero-order valence-electron chi connectivity index (χ0n) is 12.0. The molecule has 1 unspecified atom stereocenters. The van der Waals surface area contributed by atoms with Crippen molar-refractivity contribution in [1.29, 1.82) is 0 Å². The number of carbonyl (C=O) groups is 2. The maximum atomic E-state index is 12.2. The minimum atomic E-state index is -0.615. The number of nitrogens with two attached hydrogens (primary N) is 1. The predicted molar refractivity (Wildman–Crippen MR) is 79.0 cm³/mol. The lowest BCUT2D eigenvalue weighted by Crippen LogP contribution is -2.49. The van der Waals surface area contributed by atoms with Gasteiger partial charge in [0, 0.05) is 18.3 Å². The minimum absolute atomic E-state index is 0.0101. The van der Waals surface area contributed by atoms with Crippen molar-refractivity contribution in [2.24, 2.45) is 5.92 Å². The number of fused-ring (bicyclic) bond motifs is 1. The number of hydrogen-bond acceptors (Lipinski definition) is 4. The number of nitrogen functional groups attached to an aromatic ring is 1. The van der Waals surface area contributed by atoms with Gasteiger partial charge in [0.1, 0.15) is 12.3 Å². The van der Waals surface area contributed by atoms with E-state index in [9.17, 15) is 9.59 Å². The summed E-state index contributed by atoms with van der Waals surface area (Å²) < 4.78 is 5.54. The van der Waals surface area contributed by atoms with Crippen LogP contribution in [0.15, 0.2) is 18.2 Å². The summed E-state index contributed by atoms with van der Waals surface area (Å²) in [5.74, 6) is 0.790. The van der Waals surface area contributed by atoms with Gasteiger partial charge < -0.3 is 15.8 Å². The van der Waals surface area contributed by atoms with Crippen LogP contribution in [-0.4, -0.2) is 31.0 Å². The highest BCUT2D eigenvalue weighted by molar-refractivity contribution is 6.03. The third-order valence-corrected chi connectivity index (χ3v) is 3.78. The van der Waals surface area contributed by atoms with Crippen molar-refractivity contribution in [3.05, 3.63) is 18.2 Å². The predicted octanol–water partition coefficient (Wildman–Crippen LogP) is 0.909. The molecular weight excluding hydrogens is 270 g/mol. The first kappa shape index (κ1) is 13.7. The van der Waals surface area contributed by atoms with Crippen molar-refractivity contribution in [2.45, 2.75) is 25.9 Å². The van der Waals surface area contributed by atoms with Crippen molar-refractivity contribution < 1.29 is 14.3 Å². The maximum Gasteiger partial charge on any atom is 0.268 e. The van der Waals surface area contributed by atoms with Crippen LogP contribution in [0.25, 0.3) is 0 Å². The quantitative estimate of drug-likeness (QED) is 0.807. The molecule has 3 N–H and O–H groups in total. The lowest BCUT2D eigenvalue weighted by Gasteiger charge is -2.32. The normalized spacial score (nSPS) is 20.7. The first-order valence-electron chi connectivity index (χ1n) is 7.19. The number of hydrogen-bond donors (Lipinski definition) is 2. The SMILES string of the molecule is CC1Oc2cc(N)ccc2N(CC(=O)NCC2CC2)C1=O. The van der Waals surface area contributed by atoms with E-state index in [1.165, 1.54) is 17.7 Å². The van der Waals surface area contributed by atoms with Gasteiger partial charge in [0.05, 0.1) is 5.69 Å². The molecule has 3 rings (SSSR count). The summed E-state index contributed by atoms with van der Waals surface area (Å²) >= 11 is 0. The fourth-order valence-electron chi connectivity index (χ4n) is 2.37. The molecule has 1 aromatic rings. The zero-order chi connectivity index (χ0) is 15.0. The van der Waals surface area contributed by atoms with Crippen LogP contribution in [0.4, 0.5) is 11.4 Å². The second kappa shape index (κ2) is 5.27. The van der Waals surface area contributed by atoms with Gasteiger partial charge in [0.25, 0.3) is 5.91 Å². The maximum absolute atomic E-state index is 12.2. The van der Waals surface area contributed by atoms with Crippen LogP contribution in [0.2, 0.25) is 0 Å². The Labute approximate surface area is 123 Å². The lowest BCUT2D eigenvalue weighted by molar-refractivity contribution is -0.128. The molecule has 1 aliphatic heterocycles.